The van der Waals surface area contributed by atoms with Gasteiger partial charge >= 0.3 is 0 Å². The fraction of sp³-hybridized carbons (Fsp3) is 0.408. The maximum atomic E-state index is 13.9. The molecule has 0 bridgehead atoms. The molecule has 15 rings (SSSR count). The normalized spacial score (nSPS) is 12.9. The summed E-state index contributed by atoms with van der Waals surface area (Å²) in [6, 6.07) is 14.3. The Morgan fingerprint density at radius 2 is 0.622 bits per heavy atom. The van der Waals surface area contributed by atoms with Gasteiger partial charge in [-0.05, 0) is 200 Å². The first kappa shape index (κ1) is 78.7. The van der Waals surface area contributed by atoms with Crippen molar-refractivity contribution in [1.29, 1.82) is 0 Å². The minimum Gasteiger partial charge on any atom is -0.269 e. The molecule has 528 valence electrons. The molecule has 98 heavy (non-hydrogen) atoms. The van der Waals surface area contributed by atoms with E-state index >= 15 is 0 Å². The number of rotatable bonds is 5. The van der Waals surface area contributed by atoms with Gasteiger partial charge in [0.05, 0.1) is 33.5 Å². The molecule has 0 saturated carbocycles. The van der Waals surface area contributed by atoms with E-state index in [4.69, 9.17) is 11.6 Å². The lowest BCUT2D eigenvalue weighted by Gasteiger charge is -2.04. The molecule has 5 aromatic carbocycles. The van der Waals surface area contributed by atoms with Gasteiger partial charge in [0.1, 0.15) is 34.9 Å². The summed E-state index contributed by atoms with van der Waals surface area (Å²) >= 11 is 5.80. The van der Waals surface area contributed by atoms with Gasteiger partial charge in [0.15, 0.2) is 29.1 Å². The van der Waals surface area contributed by atoms with E-state index in [0.29, 0.717) is 40.0 Å². The molecule has 22 heteroatoms. The number of halogens is 12. The lowest BCUT2D eigenvalue weighted by molar-refractivity contribution is 0.448. The van der Waals surface area contributed by atoms with Crippen LogP contribution in [0.3, 0.4) is 0 Å². The molecule has 0 amide bonds. The van der Waals surface area contributed by atoms with E-state index in [1.165, 1.54) is 41.2 Å². The Morgan fingerprint density at radius 3 is 1.02 bits per heavy atom. The van der Waals surface area contributed by atoms with E-state index < -0.39 is 58.2 Å². The van der Waals surface area contributed by atoms with Crippen LogP contribution in [0.4, 0.5) is 48.3 Å². The van der Waals surface area contributed by atoms with Crippen LogP contribution in [0, 0.1) is 106 Å². The van der Waals surface area contributed by atoms with Crippen LogP contribution < -0.4 is 0 Å². The Bertz CT molecular complexity index is 4160. The zero-order valence-electron chi connectivity index (χ0n) is 59.0. The van der Waals surface area contributed by atoms with Crippen LogP contribution in [-0.2, 0) is 64.8 Å². The first-order valence-corrected chi connectivity index (χ1v) is 34.4. The van der Waals surface area contributed by atoms with Crippen LogP contribution in [0.15, 0.2) is 72.8 Å². The Labute approximate surface area is 573 Å². The highest BCUT2D eigenvalue weighted by Crippen LogP contribution is 2.37. The quantitative estimate of drug-likeness (QED) is 0.0973. The van der Waals surface area contributed by atoms with Crippen LogP contribution in [0.2, 0.25) is 5.02 Å². The minimum absolute atomic E-state index is 0.0216. The van der Waals surface area contributed by atoms with E-state index in [2.05, 4.69) is 32.4 Å². The molecule has 10 aromatic rings. The molecule has 0 unspecified atom stereocenters. The van der Waals surface area contributed by atoms with Crippen molar-refractivity contribution in [3.63, 3.8) is 0 Å². The molecule has 0 fully saturated rings. The van der Waals surface area contributed by atoms with Gasteiger partial charge in [0, 0.05) is 101 Å². The molecule has 10 nitrogen and oxygen atoms in total. The van der Waals surface area contributed by atoms with Crippen LogP contribution in [-0.4, -0.2) is 48.9 Å². The van der Waals surface area contributed by atoms with Crippen LogP contribution >= 0.6 is 11.6 Å². The zero-order chi connectivity index (χ0) is 72.6. The van der Waals surface area contributed by atoms with Crippen LogP contribution in [0.25, 0.3) is 56.3 Å². The van der Waals surface area contributed by atoms with Crippen molar-refractivity contribution in [2.24, 2.45) is 0 Å². The van der Waals surface area contributed by atoms with Crippen molar-refractivity contribution in [1.82, 2.24) is 48.9 Å². The number of nitrogens with zero attached hydrogens (tertiary/aromatic N) is 10. The fourth-order valence-corrected chi connectivity index (χ4v) is 12.5. The maximum absolute atomic E-state index is 13.9. The Kier molecular flexibility index (Phi) is 28.9. The molecule has 0 N–H and O–H groups in total. The Hall–Kier alpha value is -8.33. The second-order valence-corrected chi connectivity index (χ2v) is 22.9. The molecule has 5 aromatic heterocycles. The predicted molar refractivity (Wildman–Crippen MR) is 370 cm³/mol. The number of aromatic nitrogens is 10. The van der Waals surface area contributed by atoms with Gasteiger partial charge in [-0.25, -0.2) is 48.3 Å². The molecule has 0 radical (unpaired) electrons. The average molecular weight is 1390 g/mol. The number of aryl methyl sites for hydroxylation is 6. The largest absolute Gasteiger partial charge is 0.269 e. The average Bonchev–Trinajstić information content (AvgIpc) is 1.65. The standard InChI is InChI=1S/C14H14F2N2.C13H12ClFN2.2C13H11F3N2.C13H12F2N2.5C2H6/c1-8-6-10(12(16)7-11(8)15)14-9(2)13-4-3-5-18(13)17-14;1-8-12-3-2-6-17(12)16-13(8)9-4-5-11(15)10(14)7-9;1-7-10-3-2-6-18(10)17-13(7)8-4-5-9(14)12(16)11(8)15;1-7-12-3-2-4-18(12)17-13(7)8-5-10(15)11(16)6-9(8)14;1-8-12-3-2-6-17(12)16-13(8)10-7-9(14)4-5-11(10)15;5*1-2/h6-7H,3-5H2,1-2H3;4-5,7H,2-3,6H2,1H3;4-5H,2-3,6H2,1H3;5-6H,2-4H2,1H3;4-5,7H,2-3,6H2,1H3;5*1-2H3. The predicted octanol–water partition coefficient (Wildman–Crippen LogP) is 21.6. The first-order valence-electron chi connectivity index (χ1n) is 34.0. The van der Waals surface area contributed by atoms with Gasteiger partial charge in [-0.2, -0.15) is 25.5 Å². The smallest absolute Gasteiger partial charge is 0.195 e. The molecule has 0 atom stereocenters. The third-order valence-corrected chi connectivity index (χ3v) is 17.2. The summed E-state index contributed by atoms with van der Waals surface area (Å²) in [4.78, 5) is 0. The molecule has 5 aliphatic rings. The van der Waals surface area contributed by atoms with Crippen molar-refractivity contribution < 1.29 is 48.3 Å². The second kappa shape index (κ2) is 36.0. The van der Waals surface area contributed by atoms with Gasteiger partial charge in [-0.3, -0.25) is 23.4 Å². The Balaban J connectivity index is 0.000000187. The third kappa shape index (κ3) is 17.0. The third-order valence-electron chi connectivity index (χ3n) is 17.0. The highest BCUT2D eigenvalue weighted by Gasteiger charge is 2.28. The van der Waals surface area contributed by atoms with E-state index in [9.17, 15) is 48.3 Å². The SMILES string of the molecule is CC.CC.CC.CC.CC.Cc1c(-c2cc(F)c(F)cc2F)nn2c1CCC2.Cc1c(-c2cc(F)ccc2F)nn2c1CCC2.Cc1c(-c2ccc(F)c(Cl)c2)nn2c1CCC2.Cc1c(-c2ccc(F)c(F)c2F)nn2c1CCC2.Cc1cc(-c2nn3c(c2C)CCC3)c(F)cc1F. The van der Waals surface area contributed by atoms with E-state index in [1.807, 2.05) is 120 Å². The summed E-state index contributed by atoms with van der Waals surface area (Å²) in [5.41, 5.74) is 15.5. The molecule has 0 spiro atoms. The van der Waals surface area contributed by atoms with Gasteiger partial charge in [0.25, 0.3) is 0 Å². The first-order chi connectivity index (χ1) is 47.1. The second-order valence-electron chi connectivity index (χ2n) is 22.5. The summed E-state index contributed by atoms with van der Waals surface area (Å²) in [5.74, 6) is -9.12. The number of hydrogen-bond acceptors (Lipinski definition) is 5. The van der Waals surface area contributed by atoms with Crippen molar-refractivity contribution in [3.05, 3.63) is 204 Å². The van der Waals surface area contributed by atoms with E-state index in [-0.39, 0.29) is 27.5 Å². The molecule has 10 heterocycles. The minimum atomic E-state index is -1.44. The highest BCUT2D eigenvalue weighted by atomic mass is 35.5. The molecular weight excluding hydrogens is 1300 g/mol. The van der Waals surface area contributed by atoms with Crippen molar-refractivity contribution >= 4 is 11.6 Å². The van der Waals surface area contributed by atoms with E-state index in [0.717, 1.165) is 178 Å². The highest BCUT2D eigenvalue weighted by molar-refractivity contribution is 6.31. The summed E-state index contributed by atoms with van der Waals surface area (Å²) in [6.07, 6.45) is 10.2. The fourth-order valence-electron chi connectivity index (χ4n) is 12.3. The van der Waals surface area contributed by atoms with Crippen molar-refractivity contribution in [3.8, 4) is 56.3 Å². The summed E-state index contributed by atoms with van der Waals surface area (Å²) in [6.45, 7) is 35.6. The number of fused-ring (bicyclic) bond motifs is 5. The van der Waals surface area contributed by atoms with Gasteiger partial charge in [-0.1, -0.05) is 80.8 Å². The topological polar surface area (TPSA) is 89.1 Å². The monoisotopic (exact) mass is 1390 g/mol. The molecule has 5 aliphatic heterocycles. The number of benzene rings is 5. The summed E-state index contributed by atoms with van der Waals surface area (Å²) < 4.78 is 156. The van der Waals surface area contributed by atoms with Gasteiger partial charge in [-0.15, -0.1) is 0 Å². The van der Waals surface area contributed by atoms with Crippen LogP contribution in [0.5, 0.6) is 0 Å². The summed E-state index contributed by atoms with van der Waals surface area (Å²) in [5, 5.41) is 22.1. The zero-order valence-corrected chi connectivity index (χ0v) is 59.8. The lowest BCUT2D eigenvalue weighted by atomic mass is 10.0. The lowest BCUT2D eigenvalue weighted by Crippen LogP contribution is -1.97. The molecule has 0 saturated heterocycles. The summed E-state index contributed by atoms with van der Waals surface area (Å²) in [7, 11) is 0. The maximum Gasteiger partial charge on any atom is 0.195 e. The Morgan fingerprint density at radius 1 is 0.296 bits per heavy atom. The van der Waals surface area contributed by atoms with Crippen LogP contribution in [0.1, 0.15) is 163 Å². The van der Waals surface area contributed by atoms with Gasteiger partial charge in [0.2, 0.25) is 0 Å². The number of hydrogen-bond donors (Lipinski definition) is 0. The van der Waals surface area contributed by atoms with E-state index in [1.54, 1.807) is 19.1 Å². The molecule has 0 aliphatic carbocycles. The van der Waals surface area contributed by atoms with Gasteiger partial charge < -0.3 is 0 Å². The van der Waals surface area contributed by atoms with Crippen molar-refractivity contribution in [2.45, 2.75) is 208 Å². The van der Waals surface area contributed by atoms with Crippen molar-refractivity contribution in [2.75, 3.05) is 0 Å². The molecular formula is C76H90ClF11N10.